The van der Waals surface area contributed by atoms with Gasteiger partial charge in [-0.3, -0.25) is 4.40 Å². The molecule has 0 amide bonds. The quantitative estimate of drug-likeness (QED) is 0.683. The van der Waals surface area contributed by atoms with E-state index in [1.165, 1.54) is 13.2 Å². The number of hydrogen-bond acceptors (Lipinski definition) is 5. The van der Waals surface area contributed by atoms with Crippen molar-refractivity contribution < 1.29 is 13.9 Å². The van der Waals surface area contributed by atoms with E-state index in [0.29, 0.717) is 22.2 Å². The van der Waals surface area contributed by atoms with Crippen LogP contribution in [0.3, 0.4) is 0 Å². The van der Waals surface area contributed by atoms with Crippen LogP contribution in [0.25, 0.3) is 16.6 Å². The molecule has 2 heterocycles. The van der Waals surface area contributed by atoms with Crippen LogP contribution in [0.1, 0.15) is 16.1 Å². The summed E-state index contributed by atoms with van der Waals surface area (Å²) < 4.78 is 20.1. The van der Waals surface area contributed by atoms with Crippen LogP contribution < -0.4 is 5.73 Å². The number of hydrogen-bond donors (Lipinski definition) is 1. The molecule has 0 aliphatic heterocycles. The number of ether oxygens (including phenoxy) is 1. The highest BCUT2D eigenvalue weighted by Gasteiger charge is 2.17. The lowest BCUT2D eigenvalue weighted by Crippen LogP contribution is -2.06. The highest BCUT2D eigenvalue weighted by molar-refractivity contribution is 5.95. The van der Waals surface area contributed by atoms with E-state index in [2.05, 4.69) is 14.7 Å². The van der Waals surface area contributed by atoms with Gasteiger partial charge in [0.1, 0.15) is 23.5 Å². The first-order valence-corrected chi connectivity index (χ1v) is 5.83. The van der Waals surface area contributed by atoms with Crippen LogP contribution in [0.4, 0.5) is 10.2 Å². The lowest BCUT2D eigenvalue weighted by molar-refractivity contribution is 0.0595. The molecule has 0 bridgehead atoms. The van der Waals surface area contributed by atoms with E-state index >= 15 is 0 Å². The van der Waals surface area contributed by atoms with Crippen LogP contribution in [-0.4, -0.2) is 27.4 Å². The van der Waals surface area contributed by atoms with E-state index in [1.54, 1.807) is 17.7 Å². The molecule has 2 N–H and O–H groups in total. The number of nitrogen functional groups attached to an aromatic ring is 1. The van der Waals surface area contributed by atoms with Gasteiger partial charge in [0.2, 0.25) is 0 Å². The molecular weight excluding hydrogens is 263 g/mol. The summed E-state index contributed by atoms with van der Waals surface area (Å²) >= 11 is 0. The van der Waals surface area contributed by atoms with Crippen LogP contribution in [0.5, 0.6) is 0 Å². The molecule has 7 heteroatoms. The summed E-state index contributed by atoms with van der Waals surface area (Å²) in [5, 5.41) is 0. The molecule has 3 rings (SSSR count). The number of methoxy groups -OCH3 is 1. The van der Waals surface area contributed by atoms with Crippen molar-refractivity contribution in [3.05, 3.63) is 35.5 Å². The van der Waals surface area contributed by atoms with Gasteiger partial charge in [0, 0.05) is 6.07 Å². The Morgan fingerprint density at radius 3 is 2.90 bits per heavy atom. The summed E-state index contributed by atoms with van der Waals surface area (Å²) in [6.07, 6.45) is 1.56. The Morgan fingerprint density at radius 2 is 2.20 bits per heavy atom. The van der Waals surface area contributed by atoms with Gasteiger partial charge in [-0.05, 0) is 13.0 Å². The van der Waals surface area contributed by atoms with Crippen molar-refractivity contribution in [2.24, 2.45) is 0 Å². The number of nitrogens with zero attached hydrogens (tertiary/aromatic N) is 3. The lowest BCUT2D eigenvalue weighted by Gasteiger charge is -2.07. The Balaban J connectivity index is 2.45. The summed E-state index contributed by atoms with van der Waals surface area (Å²) in [6, 6.07) is 2.55. The summed E-state index contributed by atoms with van der Waals surface area (Å²) in [5.74, 6) is -1.18. The number of fused-ring (bicyclic) bond motifs is 3. The van der Waals surface area contributed by atoms with Gasteiger partial charge in [0.05, 0.1) is 29.4 Å². The smallest absolute Gasteiger partial charge is 0.340 e. The third kappa shape index (κ3) is 1.59. The molecule has 0 spiro atoms. The third-order valence-electron chi connectivity index (χ3n) is 3.16. The van der Waals surface area contributed by atoms with Crippen molar-refractivity contribution >= 4 is 28.3 Å². The number of rotatable bonds is 1. The molecule has 0 saturated carbocycles. The number of nitrogens with two attached hydrogens (primary N) is 1. The highest BCUT2D eigenvalue weighted by Crippen LogP contribution is 2.24. The van der Waals surface area contributed by atoms with Gasteiger partial charge in [-0.2, -0.15) is 0 Å². The van der Waals surface area contributed by atoms with Crippen LogP contribution in [0, 0.1) is 12.7 Å². The summed E-state index contributed by atoms with van der Waals surface area (Å²) in [7, 11) is 1.20. The average Bonchev–Trinajstić information content (AvgIpc) is 2.80. The van der Waals surface area contributed by atoms with Crippen molar-refractivity contribution in [1.82, 2.24) is 14.4 Å². The zero-order chi connectivity index (χ0) is 14.4. The van der Waals surface area contributed by atoms with Crippen molar-refractivity contribution in [2.45, 2.75) is 6.92 Å². The van der Waals surface area contributed by atoms with E-state index in [0.717, 1.165) is 6.07 Å². The number of carbonyl (C=O) groups excluding carboxylic acids is 1. The Kier molecular flexibility index (Phi) is 2.56. The average molecular weight is 274 g/mol. The lowest BCUT2D eigenvalue weighted by atomic mass is 10.1. The fraction of sp³-hybridized carbons (Fsp3) is 0.154. The molecule has 0 atom stereocenters. The molecule has 6 nitrogen and oxygen atoms in total. The number of aromatic nitrogens is 3. The van der Waals surface area contributed by atoms with Gasteiger partial charge in [-0.1, -0.05) is 0 Å². The van der Waals surface area contributed by atoms with Crippen LogP contribution in [0.15, 0.2) is 18.5 Å². The topological polar surface area (TPSA) is 82.5 Å². The van der Waals surface area contributed by atoms with Gasteiger partial charge in [0.15, 0.2) is 0 Å². The van der Waals surface area contributed by atoms with E-state index in [9.17, 15) is 9.18 Å². The van der Waals surface area contributed by atoms with Gasteiger partial charge < -0.3 is 10.5 Å². The first-order valence-electron chi connectivity index (χ1n) is 5.83. The van der Waals surface area contributed by atoms with Crippen LogP contribution in [-0.2, 0) is 4.74 Å². The van der Waals surface area contributed by atoms with E-state index in [4.69, 9.17) is 5.73 Å². The van der Waals surface area contributed by atoms with Gasteiger partial charge in [0.25, 0.3) is 0 Å². The second-order valence-corrected chi connectivity index (χ2v) is 4.36. The van der Waals surface area contributed by atoms with Gasteiger partial charge in [-0.15, -0.1) is 0 Å². The zero-order valence-corrected chi connectivity index (χ0v) is 10.8. The number of esters is 1. The molecule has 0 unspecified atom stereocenters. The van der Waals surface area contributed by atoms with Crippen molar-refractivity contribution in [1.29, 1.82) is 0 Å². The number of carbonyl (C=O) groups is 1. The van der Waals surface area contributed by atoms with Crippen molar-refractivity contribution in [2.75, 3.05) is 12.8 Å². The second kappa shape index (κ2) is 4.16. The molecule has 1 aromatic carbocycles. The molecule has 0 aliphatic carbocycles. The molecule has 0 radical (unpaired) electrons. The Morgan fingerprint density at radius 1 is 1.45 bits per heavy atom. The number of imidazole rings is 1. The minimum Gasteiger partial charge on any atom is -0.465 e. The maximum absolute atomic E-state index is 13.9. The predicted octanol–water partition coefficient (Wildman–Crippen LogP) is 1.70. The standard InChI is InChI=1S/C13H11FN4O2/c1-6-11-12(15)17-9-4-8(14)7(13(19)20-2)3-10(9)18(11)5-16-6/h3-5H,1-2H3,(H2,15,17). The molecule has 2 aromatic heterocycles. The largest absolute Gasteiger partial charge is 0.465 e. The molecule has 0 aliphatic rings. The molecule has 102 valence electrons. The minimum absolute atomic E-state index is 0.153. The Bertz CT molecular complexity index is 857. The fourth-order valence-electron chi connectivity index (χ4n) is 2.21. The molecule has 0 saturated heterocycles. The molecule has 0 fully saturated rings. The number of anilines is 1. The third-order valence-corrected chi connectivity index (χ3v) is 3.16. The minimum atomic E-state index is -0.744. The first-order chi connectivity index (χ1) is 9.52. The van der Waals surface area contributed by atoms with Gasteiger partial charge >= 0.3 is 5.97 Å². The van der Waals surface area contributed by atoms with E-state index in [1.807, 2.05) is 0 Å². The zero-order valence-electron chi connectivity index (χ0n) is 10.8. The normalized spacial score (nSPS) is 11.2. The summed E-state index contributed by atoms with van der Waals surface area (Å²) in [4.78, 5) is 19.9. The fourth-order valence-corrected chi connectivity index (χ4v) is 2.21. The number of benzene rings is 1. The Hall–Kier alpha value is -2.70. The highest BCUT2D eigenvalue weighted by atomic mass is 19.1. The van der Waals surface area contributed by atoms with Crippen molar-refractivity contribution in [3.63, 3.8) is 0 Å². The maximum Gasteiger partial charge on any atom is 0.340 e. The van der Waals surface area contributed by atoms with Crippen molar-refractivity contribution in [3.8, 4) is 0 Å². The van der Waals surface area contributed by atoms with E-state index in [-0.39, 0.29) is 11.4 Å². The molecular formula is C13H11FN4O2. The van der Waals surface area contributed by atoms with Crippen LogP contribution >= 0.6 is 0 Å². The monoisotopic (exact) mass is 274 g/mol. The number of halogens is 1. The predicted molar refractivity (Wildman–Crippen MR) is 70.9 cm³/mol. The number of aryl methyl sites for hydroxylation is 1. The first kappa shape index (κ1) is 12.3. The molecule has 3 aromatic rings. The Labute approximate surface area is 113 Å². The second-order valence-electron chi connectivity index (χ2n) is 4.36. The van der Waals surface area contributed by atoms with Crippen LogP contribution in [0.2, 0.25) is 0 Å². The summed E-state index contributed by atoms with van der Waals surface area (Å²) in [6.45, 7) is 1.80. The maximum atomic E-state index is 13.9. The summed E-state index contributed by atoms with van der Waals surface area (Å²) in [5.41, 5.74) is 7.93. The SMILES string of the molecule is COC(=O)c1cc2c(cc1F)nc(N)c1c(C)ncn12. The van der Waals surface area contributed by atoms with E-state index < -0.39 is 11.8 Å². The van der Waals surface area contributed by atoms with Gasteiger partial charge in [-0.25, -0.2) is 19.2 Å². The molecule has 20 heavy (non-hydrogen) atoms.